The maximum atomic E-state index is 11.5. The second kappa shape index (κ2) is 4.61. The molecule has 0 spiro atoms. The Morgan fingerprint density at radius 3 is 2.23 bits per heavy atom. The van der Waals surface area contributed by atoms with Crippen LogP contribution in [0.5, 0.6) is 0 Å². The first-order chi connectivity index (χ1) is 5.84. The molecule has 0 aliphatic heterocycles. The molecule has 0 unspecified atom stereocenters. The smallest absolute Gasteiger partial charge is 0.313 e. The number of nitrogens with two attached hydrogens (primary N) is 1. The molecule has 0 rings (SSSR count). The minimum Gasteiger partial charge on any atom is -0.466 e. The summed E-state index contributed by atoms with van der Waals surface area (Å²) in [6, 6.07) is -0.161. The molecule has 0 heterocycles. The highest BCUT2D eigenvalue weighted by Gasteiger charge is 2.37. The van der Waals surface area contributed by atoms with Gasteiger partial charge in [-0.05, 0) is 26.7 Å². The van der Waals surface area contributed by atoms with Crippen molar-refractivity contribution in [2.45, 2.75) is 40.7 Å². The molecule has 0 saturated heterocycles. The molecule has 0 aliphatic rings. The Labute approximate surface area is 80.6 Å². The highest BCUT2D eigenvalue weighted by Crippen LogP contribution is 2.25. The molecule has 0 amide bonds. The Bertz CT molecular complexity index is 176. The summed E-state index contributed by atoms with van der Waals surface area (Å²) in [7, 11) is 0. The van der Waals surface area contributed by atoms with Crippen molar-refractivity contribution in [3.63, 3.8) is 0 Å². The molecule has 0 aliphatic carbocycles. The summed E-state index contributed by atoms with van der Waals surface area (Å²) in [4.78, 5) is 11.5. The van der Waals surface area contributed by atoms with Gasteiger partial charge >= 0.3 is 5.97 Å². The van der Waals surface area contributed by atoms with Crippen molar-refractivity contribution in [3.8, 4) is 0 Å². The molecule has 0 aromatic carbocycles. The predicted molar refractivity (Wildman–Crippen MR) is 53.2 cm³/mol. The van der Waals surface area contributed by atoms with E-state index in [1.807, 2.05) is 27.7 Å². The van der Waals surface area contributed by atoms with Crippen LogP contribution < -0.4 is 5.73 Å². The maximum Gasteiger partial charge on any atom is 0.313 e. The van der Waals surface area contributed by atoms with Gasteiger partial charge in [0.15, 0.2) is 0 Å². The zero-order valence-electron chi connectivity index (χ0n) is 9.26. The zero-order chi connectivity index (χ0) is 10.6. The molecule has 0 radical (unpaired) electrons. The van der Waals surface area contributed by atoms with Gasteiger partial charge in [-0.15, -0.1) is 0 Å². The van der Waals surface area contributed by atoms with E-state index in [-0.39, 0.29) is 17.9 Å². The summed E-state index contributed by atoms with van der Waals surface area (Å²) in [6.45, 7) is 9.88. The van der Waals surface area contributed by atoms with Crippen molar-refractivity contribution in [1.82, 2.24) is 0 Å². The lowest BCUT2D eigenvalue weighted by Gasteiger charge is -2.31. The lowest BCUT2D eigenvalue weighted by Crippen LogP contribution is -2.47. The van der Waals surface area contributed by atoms with Gasteiger partial charge in [-0.3, -0.25) is 4.79 Å². The highest BCUT2D eigenvalue weighted by atomic mass is 16.5. The van der Waals surface area contributed by atoms with Crippen LogP contribution in [0.3, 0.4) is 0 Å². The number of hydrogen-bond acceptors (Lipinski definition) is 3. The lowest BCUT2D eigenvalue weighted by atomic mass is 9.79. The van der Waals surface area contributed by atoms with Gasteiger partial charge in [0.25, 0.3) is 0 Å². The van der Waals surface area contributed by atoms with E-state index in [1.54, 1.807) is 6.92 Å². The summed E-state index contributed by atoms with van der Waals surface area (Å²) in [5.41, 5.74) is 5.33. The minimum atomic E-state index is -0.593. The standard InChI is InChI=1S/C10H21NO2/c1-6-13-9(12)10(4,5)8(11)7(2)3/h7-8H,6,11H2,1-5H3/t8-/m0/s1. The van der Waals surface area contributed by atoms with Crippen molar-refractivity contribution < 1.29 is 9.53 Å². The van der Waals surface area contributed by atoms with Crippen molar-refractivity contribution >= 4 is 5.97 Å². The van der Waals surface area contributed by atoms with Gasteiger partial charge < -0.3 is 10.5 Å². The third kappa shape index (κ3) is 2.99. The van der Waals surface area contributed by atoms with Crippen LogP contribution in [-0.2, 0) is 9.53 Å². The van der Waals surface area contributed by atoms with Crippen molar-refractivity contribution in [2.75, 3.05) is 6.61 Å². The van der Waals surface area contributed by atoms with Gasteiger partial charge in [-0.25, -0.2) is 0 Å². The first-order valence-corrected chi connectivity index (χ1v) is 4.76. The average molecular weight is 187 g/mol. The van der Waals surface area contributed by atoms with Crippen LogP contribution in [0.1, 0.15) is 34.6 Å². The van der Waals surface area contributed by atoms with Crippen LogP contribution in [0.25, 0.3) is 0 Å². The average Bonchev–Trinajstić information content (AvgIpc) is 2.03. The van der Waals surface area contributed by atoms with Crippen LogP contribution in [-0.4, -0.2) is 18.6 Å². The van der Waals surface area contributed by atoms with Gasteiger partial charge in [0.2, 0.25) is 0 Å². The van der Waals surface area contributed by atoms with E-state index in [9.17, 15) is 4.79 Å². The molecule has 78 valence electrons. The highest BCUT2D eigenvalue weighted by molar-refractivity contribution is 5.76. The van der Waals surface area contributed by atoms with E-state index in [4.69, 9.17) is 10.5 Å². The molecule has 0 bridgehead atoms. The monoisotopic (exact) mass is 187 g/mol. The summed E-state index contributed by atoms with van der Waals surface area (Å²) in [5.74, 6) is 0.0654. The van der Waals surface area contributed by atoms with E-state index in [1.165, 1.54) is 0 Å². The molecule has 13 heavy (non-hydrogen) atoms. The molecule has 0 fully saturated rings. The topological polar surface area (TPSA) is 52.3 Å². The van der Waals surface area contributed by atoms with E-state index in [2.05, 4.69) is 0 Å². The van der Waals surface area contributed by atoms with Gasteiger partial charge in [0, 0.05) is 6.04 Å². The number of esters is 1. The Morgan fingerprint density at radius 1 is 1.46 bits per heavy atom. The van der Waals surface area contributed by atoms with Crippen LogP contribution in [0.4, 0.5) is 0 Å². The van der Waals surface area contributed by atoms with Gasteiger partial charge in [-0.1, -0.05) is 13.8 Å². The largest absolute Gasteiger partial charge is 0.466 e. The summed E-state index contributed by atoms with van der Waals surface area (Å²) in [5, 5.41) is 0. The second-order valence-corrected chi connectivity index (χ2v) is 4.21. The summed E-state index contributed by atoms with van der Waals surface area (Å²) in [6.07, 6.45) is 0. The Morgan fingerprint density at radius 2 is 1.92 bits per heavy atom. The normalized spacial score (nSPS) is 14.4. The fourth-order valence-corrected chi connectivity index (χ4v) is 1.29. The number of carbonyl (C=O) groups excluding carboxylic acids is 1. The molecule has 3 nitrogen and oxygen atoms in total. The SMILES string of the molecule is CCOC(=O)C(C)(C)[C@@H](N)C(C)C. The molecule has 2 N–H and O–H groups in total. The number of carbonyl (C=O) groups is 1. The van der Waals surface area contributed by atoms with E-state index < -0.39 is 5.41 Å². The molecule has 3 heteroatoms. The van der Waals surface area contributed by atoms with Crippen molar-refractivity contribution in [3.05, 3.63) is 0 Å². The molecule has 0 aromatic heterocycles. The van der Waals surface area contributed by atoms with Crippen LogP contribution >= 0.6 is 0 Å². The zero-order valence-corrected chi connectivity index (χ0v) is 9.26. The fraction of sp³-hybridized carbons (Fsp3) is 0.900. The molecule has 0 aromatic rings. The fourth-order valence-electron chi connectivity index (χ4n) is 1.29. The quantitative estimate of drug-likeness (QED) is 0.679. The number of rotatable bonds is 4. The Kier molecular flexibility index (Phi) is 4.40. The second-order valence-electron chi connectivity index (χ2n) is 4.21. The van der Waals surface area contributed by atoms with Crippen LogP contribution in [0.2, 0.25) is 0 Å². The lowest BCUT2D eigenvalue weighted by molar-refractivity contribution is -0.155. The first-order valence-electron chi connectivity index (χ1n) is 4.76. The van der Waals surface area contributed by atoms with E-state index in [0.29, 0.717) is 6.61 Å². The number of ether oxygens (including phenoxy) is 1. The molecule has 1 atom stereocenters. The number of hydrogen-bond donors (Lipinski definition) is 1. The van der Waals surface area contributed by atoms with Gasteiger partial charge in [-0.2, -0.15) is 0 Å². The third-order valence-electron chi connectivity index (χ3n) is 2.35. The molecule has 0 saturated carbocycles. The van der Waals surface area contributed by atoms with Gasteiger partial charge in [0.1, 0.15) is 0 Å². The van der Waals surface area contributed by atoms with E-state index in [0.717, 1.165) is 0 Å². The maximum absolute atomic E-state index is 11.5. The van der Waals surface area contributed by atoms with Crippen LogP contribution in [0.15, 0.2) is 0 Å². The Hall–Kier alpha value is -0.570. The van der Waals surface area contributed by atoms with Gasteiger partial charge in [0.05, 0.1) is 12.0 Å². The first kappa shape index (κ1) is 12.4. The minimum absolute atomic E-state index is 0.161. The molecular formula is C10H21NO2. The van der Waals surface area contributed by atoms with Crippen molar-refractivity contribution in [1.29, 1.82) is 0 Å². The predicted octanol–water partition coefficient (Wildman–Crippen LogP) is 1.56. The summed E-state index contributed by atoms with van der Waals surface area (Å²) < 4.78 is 4.96. The van der Waals surface area contributed by atoms with Crippen LogP contribution in [0, 0.1) is 11.3 Å². The third-order valence-corrected chi connectivity index (χ3v) is 2.35. The van der Waals surface area contributed by atoms with Crippen molar-refractivity contribution in [2.24, 2.45) is 17.1 Å². The van der Waals surface area contributed by atoms with E-state index >= 15 is 0 Å². The Balaban J connectivity index is 4.45. The molecular weight excluding hydrogens is 166 g/mol. The summed E-state index contributed by atoms with van der Waals surface area (Å²) >= 11 is 0.